The van der Waals surface area contributed by atoms with Crippen LogP contribution in [0.5, 0.6) is 0 Å². The lowest BCUT2D eigenvalue weighted by molar-refractivity contribution is 0.345. The van der Waals surface area contributed by atoms with Crippen LogP contribution >= 0.6 is 31.9 Å². The number of aromatic nitrogens is 2. The van der Waals surface area contributed by atoms with Gasteiger partial charge >= 0.3 is 0 Å². The van der Waals surface area contributed by atoms with Crippen LogP contribution in [0.25, 0.3) is 0 Å². The molecular weight excluding hydrogens is 291 g/mol. The lowest BCUT2D eigenvalue weighted by atomic mass is 10.1. The summed E-state index contributed by atoms with van der Waals surface area (Å²) in [6.45, 7) is 5.86. The van der Waals surface area contributed by atoms with E-state index in [0.717, 1.165) is 0 Å². The molecule has 2 nitrogen and oxygen atoms in total. The van der Waals surface area contributed by atoms with E-state index in [2.05, 4.69) is 37.0 Å². The number of hydrogen-bond acceptors (Lipinski definition) is 1. The molecule has 1 heterocycles. The van der Waals surface area contributed by atoms with E-state index in [4.69, 9.17) is 0 Å². The van der Waals surface area contributed by atoms with Gasteiger partial charge in [0.15, 0.2) is 10.4 Å². The Labute approximate surface area is 87.4 Å². The summed E-state index contributed by atoms with van der Waals surface area (Å²) in [6.07, 6.45) is 0. The zero-order valence-electron chi connectivity index (χ0n) is 7.03. The number of nitrogens with zero attached hydrogens (tertiary/aromatic N) is 2. The maximum atomic E-state index is 13.1. The Bertz CT molecular complexity index is 301. The summed E-state index contributed by atoms with van der Waals surface area (Å²) >= 11 is 6.15. The first kappa shape index (κ1) is 10.2. The molecule has 12 heavy (non-hydrogen) atoms. The van der Waals surface area contributed by atoms with Crippen LogP contribution < -0.4 is 0 Å². The smallest absolute Gasteiger partial charge is 0.190 e. The molecule has 0 saturated heterocycles. The number of halogens is 3. The molecule has 0 aliphatic heterocycles. The van der Waals surface area contributed by atoms with Crippen molar-refractivity contribution in [3.05, 3.63) is 15.0 Å². The second kappa shape index (κ2) is 3.10. The van der Waals surface area contributed by atoms with Gasteiger partial charge in [-0.1, -0.05) is 0 Å². The molecule has 68 valence electrons. The van der Waals surface area contributed by atoms with E-state index >= 15 is 0 Å². The Morgan fingerprint density at radius 1 is 1.33 bits per heavy atom. The second-order valence-corrected chi connectivity index (χ2v) is 4.98. The highest BCUT2D eigenvalue weighted by Crippen LogP contribution is 2.27. The van der Waals surface area contributed by atoms with Crippen LogP contribution in [0.2, 0.25) is 0 Å². The molecule has 0 saturated carbocycles. The monoisotopic (exact) mass is 298 g/mol. The first-order chi connectivity index (χ1) is 5.34. The fourth-order valence-electron chi connectivity index (χ4n) is 0.798. The average molecular weight is 300 g/mol. The Morgan fingerprint density at radius 3 is 2.00 bits per heavy atom. The van der Waals surface area contributed by atoms with Gasteiger partial charge in [0.25, 0.3) is 0 Å². The van der Waals surface area contributed by atoms with E-state index < -0.39 is 0 Å². The van der Waals surface area contributed by atoms with Crippen molar-refractivity contribution in [1.29, 1.82) is 0 Å². The highest BCUT2D eigenvalue weighted by molar-refractivity contribution is 9.11. The lowest BCUT2D eigenvalue weighted by Crippen LogP contribution is -2.23. The Morgan fingerprint density at radius 2 is 1.83 bits per heavy atom. The molecule has 0 fully saturated rings. The third-order valence-corrected chi connectivity index (χ3v) is 2.56. The van der Waals surface area contributed by atoms with Gasteiger partial charge in [0.2, 0.25) is 0 Å². The minimum Gasteiger partial charge on any atom is -0.249 e. The summed E-state index contributed by atoms with van der Waals surface area (Å²) in [4.78, 5) is 0. The predicted molar refractivity (Wildman–Crippen MR) is 52.6 cm³/mol. The van der Waals surface area contributed by atoms with Crippen LogP contribution in [0.1, 0.15) is 20.8 Å². The maximum absolute atomic E-state index is 13.1. The van der Waals surface area contributed by atoms with Gasteiger partial charge in [0, 0.05) is 0 Å². The topological polar surface area (TPSA) is 17.8 Å². The van der Waals surface area contributed by atoms with E-state index in [9.17, 15) is 4.39 Å². The molecule has 0 amide bonds. The Kier molecular flexibility index (Phi) is 2.63. The van der Waals surface area contributed by atoms with Crippen molar-refractivity contribution in [2.24, 2.45) is 0 Å². The van der Waals surface area contributed by atoms with Crippen LogP contribution in [-0.2, 0) is 5.54 Å². The minimum absolute atomic E-state index is 0.217. The van der Waals surface area contributed by atoms with E-state index in [1.165, 1.54) is 0 Å². The average Bonchev–Trinajstić information content (AvgIpc) is 2.15. The molecule has 0 radical (unpaired) electrons. The van der Waals surface area contributed by atoms with Crippen molar-refractivity contribution < 1.29 is 4.39 Å². The molecule has 0 unspecified atom stereocenters. The minimum atomic E-state index is -0.357. The van der Waals surface area contributed by atoms with Crippen LogP contribution in [0.3, 0.4) is 0 Å². The molecule has 1 aromatic rings. The molecule has 0 aromatic carbocycles. The van der Waals surface area contributed by atoms with Gasteiger partial charge < -0.3 is 0 Å². The number of rotatable bonds is 0. The van der Waals surface area contributed by atoms with E-state index in [1.807, 2.05) is 20.8 Å². The van der Waals surface area contributed by atoms with Crippen molar-refractivity contribution >= 4 is 31.9 Å². The Balaban J connectivity index is 3.28. The van der Waals surface area contributed by atoms with Gasteiger partial charge in [-0.2, -0.15) is 5.10 Å². The highest BCUT2D eigenvalue weighted by Gasteiger charge is 2.22. The summed E-state index contributed by atoms with van der Waals surface area (Å²) in [6, 6.07) is 0. The van der Waals surface area contributed by atoms with E-state index in [1.54, 1.807) is 4.68 Å². The quantitative estimate of drug-likeness (QED) is 0.719. The highest BCUT2D eigenvalue weighted by atomic mass is 79.9. The van der Waals surface area contributed by atoms with Crippen molar-refractivity contribution in [3.63, 3.8) is 0 Å². The predicted octanol–water partition coefficient (Wildman–Crippen LogP) is 3.30. The summed E-state index contributed by atoms with van der Waals surface area (Å²) in [5.41, 5.74) is -0.217. The van der Waals surface area contributed by atoms with Gasteiger partial charge in [-0.25, -0.2) is 9.07 Å². The third-order valence-electron chi connectivity index (χ3n) is 1.37. The molecule has 5 heteroatoms. The van der Waals surface area contributed by atoms with Crippen molar-refractivity contribution in [3.8, 4) is 0 Å². The van der Waals surface area contributed by atoms with Crippen LogP contribution in [0, 0.1) is 5.82 Å². The molecule has 0 N–H and O–H groups in total. The SMILES string of the molecule is CC(C)(C)n1nc(Br)c(F)c1Br. The molecule has 0 atom stereocenters. The fraction of sp³-hybridized carbons (Fsp3) is 0.571. The van der Waals surface area contributed by atoms with Gasteiger partial charge in [0.05, 0.1) is 5.54 Å². The van der Waals surface area contributed by atoms with Crippen LogP contribution in [0.4, 0.5) is 4.39 Å². The molecule has 0 bridgehead atoms. The second-order valence-electron chi connectivity index (χ2n) is 3.48. The zero-order valence-corrected chi connectivity index (χ0v) is 10.2. The maximum Gasteiger partial charge on any atom is 0.190 e. The largest absolute Gasteiger partial charge is 0.249 e. The van der Waals surface area contributed by atoms with Gasteiger partial charge in [0.1, 0.15) is 4.60 Å². The summed E-state index contributed by atoms with van der Waals surface area (Å²) in [7, 11) is 0. The molecule has 0 aliphatic rings. The van der Waals surface area contributed by atoms with Gasteiger partial charge in [-0.3, -0.25) is 0 Å². The first-order valence-corrected chi connectivity index (χ1v) is 5.02. The molecular formula is C7H9Br2FN2. The van der Waals surface area contributed by atoms with Crippen LogP contribution in [0.15, 0.2) is 9.21 Å². The van der Waals surface area contributed by atoms with Crippen molar-refractivity contribution in [2.75, 3.05) is 0 Å². The summed E-state index contributed by atoms with van der Waals surface area (Å²) in [5.74, 6) is -0.357. The van der Waals surface area contributed by atoms with E-state index in [0.29, 0.717) is 4.60 Å². The van der Waals surface area contributed by atoms with Crippen molar-refractivity contribution in [1.82, 2.24) is 9.78 Å². The third kappa shape index (κ3) is 1.71. The van der Waals surface area contributed by atoms with Crippen molar-refractivity contribution in [2.45, 2.75) is 26.3 Å². The standard InChI is InChI=1S/C7H9Br2FN2/c1-7(2,3)12-6(9)4(10)5(8)11-12/h1-3H3. The van der Waals surface area contributed by atoms with E-state index in [-0.39, 0.29) is 16.0 Å². The molecule has 0 spiro atoms. The van der Waals surface area contributed by atoms with Gasteiger partial charge in [-0.05, 0) is 52.6 Å². The fourth-order valence-corrected chi connectivity index (χ4v) is 2.21. The normalized spacial score (nSPS) is 12.2. The zero-order chi connectivity index (χ0) is 9.52. The summed E-state index contributed by atoms with van der Waals surface area (Å²) < 4.78 is 15.3. The lowest BCUT2D eigenvalue weighted by Gasteiger charge is -2.19. The first-order valence-electron chi connectivity index (χ1n) is 3.44. The molecule has 1 aromatic heterocycles. The Hall–Kier alpha value is 0.1000. The summed E-state index contributed by atoms with van der Waals surface area (Å²) in [5, 5.41) is 3.99. The van der Waals surface area contributed by atoms with Gasteiger partial charge in [-0.15, -0.1) is 0 Å². The number of hydrogen-bond donors (Lipinski definition) is 0. The molecule has 0 aliphatic carbocycles. The molecule has 1 rings (SSSR count). The van der Waals surface area contributed by atoms with Crippen LogP contribution in [-0.4, -0.2) is 9.78 Å².